The first-order chi connectivity index (χ1) is 29.3. The summed E-state index contributed by atoms with van der Waals surface area (Å²) in [4.78, 5) is 15.2. The van der Waals surface area contributed by atoms with Crippen LogP contribution < -0.4 is 9.80 Å². The van der Waals surface area contributed by atoms with Crippen molar-refractivity contribution in [2.75, 3.05) is 9.80 Å². The molecule has 0 saturated carbocycles. The molecular formula is C57H57N5. The normalized spacial score (nSPS) is 16.4. The van der Waals surface area contributed by atoms with Gasteiger partial charge in [0.1, 0.15) is 11.5 Å². The molecule has 3 aromatic heterocycles. The van der Waals surface area contributed by atoms with Gasteiger partial charge < -0.3 is 4.90 Å². The molecule has 310 valence electrons. The van der Waals surface area contributed by atoms with Crippen LogP contribution in [-0.2, 0) is 27.1 Å². The predicted molar refractivity (Wildman–Crippen MR) is 260 cm³/mol. The average molecular weight is 812 g/mol. The summed E-state index contributed by atoms with van der Waals surface area (Å²) in [5.74, 6) is 1.01. The van der Waals surface area contributed by atoms with Gasteiger partial charge in [0.05, 0.1) is 22.6 Å². The minimum Gasteiger partial charge on any atom is -0.310 e. The van der Waals surface area contributed by atoms with E-state index in [9.17, 15) is 0 Å². The second-order valence-corrected chi connectivity index (χ2v) is 21.7. The molecule has 5 heteroatoms. The fourth-order valence-corrected chi connectivity index (χ4v) is 11.0. The van der Waals surface area contributed by atoms with Gasteiger partial charge in [-0.1, -0.05) is 138 Å². The summed E-state index contributed by atoms with van der Waals surface area (Å²) in [6.45, 7) is 28.3. The van der Waals surface area contributed by atoms with Crippen LogP contribution in [0.3, 0.4) is 0 Å². The lowest BCUT2D eigenvalue weighted by molar-refractivity contribution is 0.562. The third-order valence-corrected chi connectivity index (χ3v) is 14.7. The first-order valence-corrected chi connectivity index (χ1v) is 22.3. The van der Waals surface area contributed by atoms with Crippen molar-refractivity contribution in [3.63, 3.8) is 0 Å². The van der Waals surface area contributed by atoms with Crippen LogP contribution >= 0.6 is 0 Å². The van der Waals surface area contributed by atoms with E-state index < -0.39 is 0 Å². The summed E-state index contributed by atoms with van der Waals surface area (Å²) in [6.07, 6.45) is 3.89. The van der Waals surface area contributed by atoms with Gasteiger partial charge in [0.25, 0.3) is 0 Å². The first kappa shape index (κ1) is 38.7. The Bertz CT molecular complexity index is 3170. The van der Waals surface area contributed by atoms with Crippen LogP contribution in [0.1, 0.15) is 128 Å². The van der Waals surface area contributed by atoms with Crippen LogP contribution in [0.4, 0.5) is 34.3 Å². The zero-order chi connectivity index (χ0) is 43.5. The molecule has 8 aromatic rings. The lowest BCUT2D eigenvalue weighted by atomic mass is 9.65. The highest BCUT2D eigenvalue weighted by atomic mass is 15.2. The zero-order valence-electron chi connectivity index (χ0n) is 38.4. The number of hydrogen-bond acceptors (Lipinski definition) is 4. The van der Waals surface area contributed by atoms with E-state index in [0.29, 0.717) is 0 Å². The molecule has 11 rings (SSSR count). The number of nitrogens with zero attached hydrogens (tertiary/aromatic N) is 5. The molecule has 0 radical (unpaired) electrons. The van der Waals surface area contributed by atoms with Crippen LogP contribution in [0.25, 0.3) is 27.6 Å². The van der Waals surface area contributed by atoms with Crippen LogP contribution in [0.5, 0.6) is 0 Å². The van der Waals surface area contributed by atoms with Gasteiger partial charge >= 0.3 is 0 Å². The van der Waals surface area contributed by atoms with Crippen LogP contribution in [0.15, 0.2) is 128 Å². The molecule has 6 heterocycles. The summed E-state index contributed by atoms with van der Waals surface area (Å²) in [5, 5.41) is 2.46. The lowest BCUT2D eigenvalue weighted by Gasteiger charge is -2.49. The Morgan fingerprint density at radius 1 is 0.468 bits per heavy atom. The number of para-hydroxylation sites is 1. The van der Waals surface area contributed by atoms with Crippen molar-refractivity contribution in [3.8, 4) is 5.69 Å². The number of rotatable bonds is 3. The molecule has 3 aliphatic rings. The highest BCUT2D eigenvalue weighted by molar-refractivity contribution is 6.11. The fraction of sp³-hybridized carbons (Fsp3) is 0.298. The van der Waals surface area contributed by atoms with Gasteiger partial charge in [-0.05, 0) is 110 Å². The maximum absolute atomic E-state index is 5.19. The molecule has 3 aliphatic heterocycles. The van der Waals surface area contributed by atoms with Gasteiger partial charge in [0, 0.05) is 62.0 Å². The second kappa shape index (κ2) is 12.5. The van der Waals surface area contributed by atoms with E-state index in [4.69, 9.17) is 9.97 Å². The molecule has 0 bridgehead atoms. The van der Waals surface area contributed by atoms with Gasteiger partial charge in [-0.25, -0.2) is 9.97 Å². The van der Waals surface area contributed by atoms with E-state index in [1.54, 1.807) is 0 Å². The molecule has 0 fully saturated rings. The van der Waals surface area contributed by atoms with Gasteiger partial charge in [-0.15, -0.1) is 0 Å². The van der Waals surface area contributed by atoms with Crippen molar-refractivity contribution in [1.29, 1.82) is 0 Å². The summed E-state index contributed by atoms with van der Waals surface area (Å²) < 4.78 is 2.44. The van der Waals surface area contributed by atoms with E-state index >= 15 is 0 Å². The third kappa shape index (κ3) is 5.20. The number of pyridine rings is 2. The maximum Gasteiger partial charge on any atom is 0.145 e. The molecule has 5 aromatic carbocycles. The Morgan fingerprint density at radius 2 is 1.02 bits per heavy atom. The number of anilines is 6. The van der Waals surface area contributed by atoms with Gasteiger partial charge in [-0.3, -0.25) is 9.47 Å². The van der Waals surface area contributed by atoms with Crippen molar-refractivity contribution in [2.24, 2.45) is 0 Å². The fourth-order valence-electron chi connectivity index (χ4n) is 11.0. The molecule has 62 heavy (non-hydrogen) atoms. The quantitative estimate of drug-likeness (QED) is 0.178. The minimum absolute atomic E-state index is 0.00334. The molecular weight excluding hydrogens is 755 g/mol. The number of hydrogen-bond donors (Lipinski definition) is 0. The van der Waals surface area contributed by atoms with E-state index in [1.807, 2.05) is 12.4 Å². The molecule has 0 aliphatic carbocycles. The van der Waals surface area contributed by atoms with Crippen molar-refractivity contribution in [3.05, 3.63) is 172 Å². The van der Waals surface area contributed by atoms with Crippen LogP contribution in [0, 0.1) is 0 Å². The highest BCUT2D eigenvalue weighted by Gasteiger charge is 2.47. The van der Waals surface area contributed by atoms with Crippen LogP contribution in [-0.4, -0.2) is 14.5 Å². The van der Waals surface area contributed by atoms with Gasteiger partial charge in [0.2, 0.25) is 0 Å². The third-order valence-electron chi connectivity index (χ3n) is 14.7. The molecule has 0 amide bonds. The summed E-state index contributed by atoms with van der Waals surface area (Å²) in [6, 6.07) is 43.6. The molecule has 0 spiro atoms. The van der Waals surface area contributed by atoms with Gasteiger partial charge in [-0.2, -0.15) is 0 Å². The number of aromatic nitrogens is 3. The van der Waals surface area contributed by atoms with Crippen molar-refractivity contribution in [1.82, 2.24) is 14.5 Å². The first-order valence-electron chi connectivity index (χ1n) is 22.3. The van der Waals surface area contributed by atoms with E-state index in [1.165, 1.54) is 77.9 Å². The van der Waals surface area contributed by atoms with Gasteiger partial charge in [0.15, 0.2) is 0 Å². The topological polar surface area (TPSA) is 37.2 Å². The smallest absolute Gasteiger partial charge is 0.145 e. The Hall–Kier alpha value is -6.20. The van der Waals surface area contributed by atoms with Crippen molar-refractivity contribution < 1.29 is 0 Å². The summed E-state index contributed by atoms with van der Waals surface area (Å²) in [7, 11) is 0. The van der Waals surface area contributed by atoms with E-state index in [2.05, 4.69) is 213 Å². The zero-order valence-corrected chi connectivity index (χ0v) is 38.4. The van der Waals surface area contributed by atoms with E-state index in [0.717, 1.165) is 28.5 Å². The average Bonchev–Trinajstić information content (AvgIpc) is 3.57. The highest BCUT2D eigenvalue weighted by Crippen LogP contribution is 2.61. The Labute approximate surface area is 367 Å². The maximum atomic E-state index is 5.19. The van der Waals surface area contributed by atoms with E-state index in [-0.39, 0.29) is 27.1 Å². The molecule has 5 nitrogen and oxygen atoms in total. The standard InChI is InChI=1S/C57H57N5/c1-53(2,3)34-28-40-39-20-16-26-58-51(39)61-47-32-37(22-24-41(47)55(7,8)44(29-34)49(40)61)60(36-18-14-13-15-19-36)38-23-25-42-48(33-38)62-50-45(56(42,9)10)30-35(54(4,5)6)31-46(50)57(11,12)43-21-17-27-59-52(43)62/h13-33H,1-12H3. The summed E-state index contributed by atoms with van der Waals surface area (Å²) >= 11 is 0. The summed E-state index contributed by atoms with van der Waals surface area (Å²) in [5.41, 5.74) is 19.0. The second-order valence-electron chi connectivity index (χ2n) is 21.7. The Kier molecular flexibility index (Phi) is 7.78. The van der Waals surface area contributed by atoms with Crippen molar-refractivity contribution >= 4 is 56.2 Å². The Morgan fingerprint density at radius 3 is 1.68 bits per heavy atom. The lowest BCUT2D eigenvalue weighted by Crippen LogP contribution is -2.39. The van der Waals surface area contributed by atoms with Crippen molar-refractivity contribution in [2.45, 2.75) is 110 Å². The molecule has 0 saturated heterocycles. The minimum atomic E-state index is -0.263. The SMILES string of the molecule is CC(C)(C)c1cc2c3c(c1)C(C)(C)c1cccnc1N3c1cc(N(c3ccccc3)c3ccc4c(c3)-n3c5ncccc5c5cc(C(C)(C)C)cc(c53)C4(C)C)ccc1C2(C)C. The monoisotopic (exact) mass is 811 g/mol. The predicted octanol–water partition coefficient (Wildman–Crippen LogP) is 15.0. The van der Waals surface area contributed by atoms with Crippen LogP contribution in [0.2, 0.25) is 0 Å². The molecule has 0 atom stereocenters. The molecule has 0 N–H and O–H groups in total. The molecule has 0 unspecified atom stereocenters. The largest absolute Gasteiger partial charge is 0.310 e. The Balaban J connectivity index is 1.16. The number of fused-ring (bicyclic) bond motifs is 9. The number of benzene rings is 5.